The molecule has 3 rings (SSSR count). The summed E-state index contributed by atoms with van der Waals surface area (Å²) in [6, 6.07) is 12.7. The summed E-state index contributed by atoms with van der Waals surface area (Å²) >= 11 is 0. The van der Waals surface area contributed by atoms with Gasteiger partial charge in [-0.05, 0) is 18.1 Å². The van der Waals surface area contributed by atoms with Gasteiger partial charge in [0.25, 0.3) is 0 Å². The maximum Gasteiger partial charge on any atom is 0.224 e. The van der Waals surface area contributed by atoms with E-state index in [1.54, 1.807) is 0 Å². The molecule has 5 heteroatoms. The van der Waals surface area contributed by atoms with E-state index in [0.29, 0.717) is 0 Å². The smallest absolute Gasteiger partial charge is 0.224 e. The topological polar surface area (TPSA) is 44.3 Å². The van der Waals surface area contributed by atoms with Gasteiger partial charge in [0.05, 0.1) is 0 Å². The van der Waals surface area contributed by atoms with Crippen LogP contribution >= 0.6 is 0 Å². The SMILES string of the molecule is CCCNc1nccc(N2CCN(Cc3ccccc3)CC2)n1. The summed E-state index contributed by atoms with van der Waals surface area (Å²) in [4.78, 5) is 13.8. The number of benzene rings is 1. The van der Waals surface area contributed by atoms with E-state index < -0.39 is 0 Å². The van der Waals surface area contributed by atoms with E-state index in [-0.39, 0.29) is 0 Å². The molecule has 5 nitrogen and oxygen atoms in total. The summed E-state index contributed by atoms with van der Waals surface area (Å²) in [5.41, 5.74) is 1.38. The Morgan fingerprint density at radius 3 is 2.57 bits per heavy atom. The van der Waals surface area contributed by atoms with Gasteiger partial charge in [0.1, 0.15) is 5.82 Å². The summed E-state index contributed by atoms with van der Waals surface area (Å²) < 4.78 is 0. The van der Waals surface area contributed by atoms with Crippen molar-refractivity contribution in [2.24, 2.45) is 0 Å². The highest BCUT2D eigenvalue weighted by molar-refractivity contribution is 5.43. The highest BCUT2D eigenvalue weighted by Crippen LogP contribution is 2.16. The first-order valence-corrected chi connectivity index (χ1v) is 8.43. The second-order valence-electron chi connectivity index (χ2n) is 5.91. The van der Waals surface area contributed by atoms with Crippen molar-refractivity contribution >= 4 is 11.8 Å². The van der Waals surface area contributed by atoms with E-state index in [2.05, 4.69) is 62.3 Å². The first-order valence-electron chi connectivity index (χ1n) is 8.43. The Balaban J connectivity index is 1.54. The van der Waals surface area contributed by atoms with Crippen LogP contribution in [0, 0.1) is 0 Å². The van der Waals surface area contributed by atoms with Gasteiger partial charge in [-0.2, -0.15) is 4.98 Å². The zero-order valence-electron chi connectivity index (χ0n) is 13.8. The molecule has 2 aromatic rings. The molecule has 23 heavy (non-hydrogen) atoms. The molecule has 1 aromatic carbocycles. The van der Waals surface area contributed by atoms with Crippen LogP contribution in [0.25, 0.3) is 0 Å². The monoisotopic (exact) mass is 311 g/mol. The fraction of sp³-hybridized carbons (Fsp3) is 0.444. The third kappa shape index (κ3) is 4.42. The van der Waals surface area contributed by atoms with Crippen molar-refractivity contribution in [3.63, 3.8) is 0 Å². The third-order valence-corrected chi connectivity index (χ3v) is 4.12. The van der Waals surface area contributed by atoms with Crippen LogP contribution in [-0.2, 0) is 6.54 Å². The van der Waals surface area contributed by atoms with E-state index in [9.17, 15) is 0 Å². The molecule has 0 amide bonds. The molecule has 122 valence electrons. The van der Waals surface area contributed by atoms with Crippen LogP contribution in [0.5, 0.6) is 0 Å². The lowest BCUT2D eigenvalue weighted by Crippen LogP contribution is -2.46. The van der Waals surface area contributed by atoms with Gasteiger partial charge >= 0.3 is 0 Å². The second kappa shape index (κ2) is 7.92. The molecule has 1 aliphatic rings. The van der Waals surface area contributed by atoms with Gasteiger partial charge in [-0.15, -0.1) is 0 Å². The quantitative estimate of drug-likeness (QED) is 0.888. The number of nitrogens with zero attached hydrogens (tertiary/aromatic N) is 4. The van der Waals surface area contributed by atoms with Crippen molar-refractivity contribution in [3.05, 3.63) is 48.2 Å². The predicted molar refractivity (Wildman–Crippen MR) is 94.7 cm³/mol. The number of rotatable bonds is 6. The van der Waals surface area contributed by atoms with Crippen LogP contribution in [0.1, 0.15) is 18.9 Å². The summed E-state index contributed by atoms with van der Waals surface area (Å²) in [5, 5.41) is 3.26. The lowest BCUT2D eigenvalue weighted by molar-refractivity contribution is 0.249. The highest BCUT2D eigenvalue weighted by Gasteiger charge is 2.18. The Morgan fingerprint density at radius 2 is 1.83 bits per heavy atom. The van der Waals surface area contributed by atoms with E-state index in [1.165, 1.54) is 5.56 Å². The Labute approximate surface area is 138 Å². The number of aromatic nitrogens is 2. The average molecular weight is 311 g/mol. The van der Waals surface area contributed by atoms with Crippen molar-refractivity contribution in [1.82, 2.24) is 14.9 Å². The zero-order valence-corrected chi connectivity index (χ0v) is 13.8. The fourth-order valence-electron chi connectivity index (χ4n) is 2.82. The summed E-state index contributed by atoms with van der Waals surface area (Å²) in [7, 11) is 0. The molecule has 1 aromatic heterocycles. The minimum atomic E-state index is 0.732. The minimum Gasteiger partial charge on any atom is -0.354 e. The normalized spacial score (nSPS) is 15.6. The number of hydrogen-bond donors (Lipinski definition) is 1. The molecule has 0 saturated carbocycles. The maximum absolute atomic E-state index is 4.63. The summed E-state index contributed by atoms with van der Waals surface area (Å²) in [6.07, 6.45) is 2.92. The molecule has 1 saturated heterocycles. The molecule has 1 N–H and O–H groups in total. The number of hydrogen-bond acceptors (Lipinski definition) is 5. The van der Waals surface area contributed by atoms with Gasteiger partial charge in [-0.1, -0.05) is 37.3 Å². The van der Waals surface area contributed by atoms with Crippen LogP contribution in [0.15, 0.2) is 42.6 Å². The van der Waals surface area contributed by atoms with Crippen LogP contribution in [0.4, 0.5) is 11.8 Å². The van der Waals surface area contributed by atoms with Crippen LogP contribution < -0.4 is 10.2 Å². The highest BCUT2D eigenvalue weighted by atomic mass is 15.3. The molecule has 0 spiro atoms. The number of piperazine rings is 1. The zero-order chi connectivity index (χ0) is 15.9. The van der Waals surface area contributed by atoms with Gasteiger partial charge < -0.3 is 10.2 Å². The van der Waals surface area contributed by atoms with Crippen molar-refractivity contribution in [1.29, 1.82) is 0 Å². The van der Waals surface area contributed by atoms with E-state index in [0.717, 1.165) is 57.5 Å². The lowest BCUT2D eigenvalue weighted by atomic mass is 10.2. The molecule has 0 atom stereocenters. The molecular formula is C18H25N5. The molecule has 0 bridgehead atoms. The molecule has 0 unspecified atom stereocenters. The van der Waals surface area contributed by atoms with Gasteiger partial charge in [0.15, 0.2) is 0 Å². The maximum atomic E-state index is 4.63. The first-order chi connectivity index (χ1) is 11.3. The fourth-order valence-corrected chi connectivity index (χ4v) is 2.82. The van der Waals surface area contributed by atoms with Crippen LogP contribution in [0.3, 0.4) is 0 Å². The second-order valence-corrected chi connectivity index (χ2v) is 5.91. The molecule has 1 fully saturated rings. The predicted octanol–water partition coefficient (Wildman–Crippen LogP) is 2.62. The van der Waals surface area contributed by atoms with Gasteiger partial charge in [0.2, 0.25) is 5.95 Å². The summed E-state index contributed by atoms with van der Waals surface area (Å²) in [6.45, 7) is 8.24. The standard InChI is InChI=1S/C18H25N5/c1-2-9-19-18-20-10-8-17(21-18)23-13-11-22(12-14-23)15-16-6-4-3-5-7-16/h3-8,10H,2,9,11-15H2,1H3,(H,19,20,21). The Morgan fingerprint density at radius 1 is 1.04 bits per heavy atom. The number of anilines is 2. The van der Waals surface area contributed by atoms with Crippen molar-refractivity contribution in [2.45, 2.75) is 19.9 Å². The lowest BCUT2D eigenvalue weighted by Gasteiger charge is -2.35. The minimum absolute atomic E-state index is 0.732. The third-order valence-electron chi connectivity index (χ3n) is 4.12. The molecule has 0 radical (unpaired) electrons. The van der Waals surface area contributed by atoms with Crippen molar-refractivity contribution in [2.75, 3.05) is 42.9 Å². The van der Waals surface area contributed by atoms with Gasteiger partial charge in [-0.3, -0.25) is 4.90 Å². The van der Waals surface area contributed by atoms with E-state index in [4.69, 9.17) is 0 Å². The van der Waals surface area contributed by atoms with Crippen molar-refractivity contribution in [3.8, 4) is 0 Å². The first kappa shape index (κ1) is 15.7. The van der Waals surface area contributed by atoms with Crippen LogP contribution in [0.2, 0.25) is 0 Å². The number of nitrogens with one attached hydrogen (secondary N) is 1. The molecule has 1 aliphatic heterocycles. The Kier molecular flexibility index (Phi) is 5.42. The Bertz CT molecular complexity index is 593. The van der Waals surface area contributed by atoms with E-state index in [1.807, 2.05) is 12.3 Å². The Hall–Kier alpha value is -2.14. The van der Waals surface area contributed by atoms with Gasteiger partial charge in [0, 0.05) is 45.5 Å². The summed E-state index contributed by atoms with van der Waals surface area (Å²) in [5.74, 6) is 1.76. The van der Waals surface area contributed by atoms with Gasteiger partial charge in [-0.25, -0.2) is 4.98 Å². The molecular weight excluding hydrogens is 286 g/mol. The van der Waals surface area contributed by atoms with E-state index >= 15 is 0 Å². The van der Waals surface area contributed by atoms with Crippen molar-refractivity contribution < 1.29 is 0 Å². The molecule has 0 aliphatic carbocycles. The molecule has 2 heterocycles. The largest absolute Gasteiger partial charge is 0.354 e. The van der Waals surface area contributed by atoms with Crippen LogP contribution in [-0.4, -0.2) is 47.6 Å². The average Bonchev–Trinajstić information content (AvgIpc) is 2.62.